The van der Waals surface area contributed by atoms with Gasteiger partial charge in [-0.15, -0.1) is 5.10 Å². The second-order valence-corrected chi connectivity index (χ2v) is 7.16. The molecule has 0 saturated carbocycles. The number of hydrogen-bond acceptors (Lipinski definition) is 5. The summed E-state index contributed by atoms with van der Waals surface area (Å²) in [5.74, 6) is -0.133. The largest absolute Gasteiger partial charge is 0.325 e. The average Bonchev–Trinajstić information content (AvgIpc) is 3.05. The minimum atomic E-state index is -0.371. The van der Waals surface area contributed by atoms with E-state index in [-0.39, 0.29) is 11.2 Å². The molecule has 8 heteroatoms. The second kappa shape index (κ2) is 7.67. The SMILES string of the molecule is Cc1ccccc1-n1nnnc1SC(C)C(=O)Nc1ccc(Cl)cc1. The number of anilines is 1. The molecule has 0 aliphatic carbocycles. The Morgan fingerprint density at radius 3 is 2.64 bits per heavy atom. The lowest BCUT2D eigenvalue weighted by Gasteiger charge is -2.12. The molecule has 0 aliphatic rings. The molecule has 2 aromatic carbocycles. The van der Waals surface area contributed by atoms with E-state index in [1.165, 1.54) is 11.8 Å². The van der Waals surface area contributed by atoms with E-state index in [0.29, 0.717) is 15.9 Å². The van der Waals surface area contributed by atoms with Gasteiger partial charge >= 0.3 is 0 Å². The quantitative estimate of drug-likeness (QED) is 0.689. The van der Waals surface area contributed by atoms with Crippen molar-refractivity contribution >= 4 is 35.0 Å². The number of halogens is 1. The molecule has 0 saturated heterocycles. The minimum absolute atomic E-state index is 0.133. The van der Waals surface area contributed by atoms with E-state index in [2.05, 4.69) is 20.8 Å². The number of hydrogen-bond donors (Lipinski definition) is 1. The number of nitrogens with one attached hydrogen (secondary N) is 1. The smallest absolute Gasteiger partial charge is 0.237 e. The lowest BCUT2D eigenvalue weighted by Crippen LogP contribution is -2.22. The summed E-state index contributed by atoms with van der Waals surface area (Å²) >= 11 is 7.15. The van der Waals surface area contributed by atoms with Crippen LogP contribution in [0.15, 0.2) is 53.7 Å². The number of benzene rings is 2. The Labute approximate surface area is 154 Å². The Balaban J connectivity index is 1.72. The first-order valence-electron chi connectivity index (χ1n) is 7.62. The fourth-order valence-electron chi connectivity index (χ4n) is 2.19. The number of thioether (sulfide) groups is 1. The molecule has 1 unspecified atom stereocenters. The third-order valence-electron chi connectivity index (χ3n) is 3.55. The highest BCUT2D eigenvalue weighted by atomic mass is 35.5. The van der Waals surface area contributed by atoms with Crippen LogP contribution in [0.1, 0.15) is 12.5 Å². The van der Waals surface area contributed by atoms with Gasteiger partial charge in [-0.2, -0.15) is 4.68 Å². The van der Waals surface area contributed by atoms with Crippen molar-refractivity contribution in [2.75, 3.05) is 5.32 Å². The molecule has 1 N–H and O–H groups in total. The molecule has 25 heavy (non-hydrogen) atoms. The number of amides is 1. The predicted octanol–water partition coefficient (Wildman–Crippen LogP) is 3.74. The van der Waals surface area contributed by atoms with Crippen molar-refractivity contribution in [2.24, 2.45) is 0 Å². The molecular formula is C17H16ClN5OS. The van der Waals surface area contributed by atoms with Gasteiger partial charge in [0.1, 0.15) is 0 Å². The summed E-state index contributed by atoms with van der Waals surface area (Å²) in [5, 5.41) is 15.5. The average molecular weight is 374 g/mol. The Kier molecular flexibility index (Phi) is 5.35. The Morgan fingerprint density at radius 1 is 1.20 bits per heavy atom. The van der Waals surface area contributed by atoms with E-state index in [1.54, 1.807) is 28.9 Å². The lowest BCUT2D eigenvalue weighted by molar-refractivity contribution is -0.115. The maximum atomic E-state index is 12.4. The van der Waals surface area contributed by atoms with Crippen LogP contribution in [-0.4, -0.2) is 31.4 Å². The lowest BCUT2D eigenvalue weighted by atomic mass is 10.2. The van der Waals surface area contributed by atoms with Crippen LogP contribution < -0.4 is 5.32 Å². The van der Waals surface area contributed by atoms with Crippen molar-refractivity contribution in [1.29, 1.82) is 0 Å². The minimum Gasteiger partial charge on any atom is -0.325 e. The Morgan fingerprint density at radius 2 is 1.92 bits per heavy atom. The highest BCUT2D eigenvalue weighted by Gasteiger charge is 2.19. The van der Waals surface area contributed by atoms with Crippen LogP contribution in [0.25, 0.3) is 5.69 Å². The number of tetrazole rings is 1. The van der Waals surface area contributed by atoms with Crippen LogP contribution in [0.5, 0.6) is 0 Å². The molecule has 0 bridgehead atoms. The molecule has 0 aliphatic heterocycles. The molecule has 3 rings (SSSR count). The summed E-state index contributed by atoms with van der Waals surface area (Å²) < 4.78 is 1.64. The monoisotopic (exact) mass is 373 g/mol. The van der Waals surface area contributed by atoms with Gasteiger partial charge < -0.3 is 5.32 Å². The summed E-state index contributed by atoms with van der Waals surface area (Å²) in [6.07, 6.45) is 0. The Bertz CT molecular complexity index is 881. The fraction of sp³-hybridized carbons (Fsp3) is 0.176. The highest BCUT2D eigenvalue weighted by Crippen LogP contribution is 2.25. The van der Waals surface area contributed by atoms with Crippen molar-refractivity contribution in [2.45, 2.75) is 24.3 Å². The zero-order valence-corrected chi connectivity index (χ0v) is 15.3. The van der Waals surface area contributed by atoms with Crippen LogP contribution in [0.4, 0.5) is 5.69 Å². The maximum absolute atomic E-state index is 12.4. The van der Waals surface area contributed by atoms with Gasteiger partial charge in [0.15, 0.2) is 0 Å². The van der Waals surface area contributed by atoms with Crippen molar-refractivity contribution < 1.29 is 4.79 Å². The molecule has 6 nitrogen and oxygen atoms in total. The van der Waals surface area contributed by atoms with Gasteiger partial charge in [0, 0.05) is 10.7 Å². The van der Waals surface area contributed by atoms with Gasteiger partial charge in [-0.1, -0.05) is 41.6 Å². The molecule has 1 aromatic heterocycles. The summed E-state index contributed by atoms with van der Waals surface area (Å²) in [7, 11) is 0. The molecule has 0 spiro atoms. The number of aryl methyl sites for hydroxylation is 1. The predicted molar refractivity (Wildman–Crippen MR) is 99.3 cm³/mol. The fourth-order valence-corrected chi connectivity index (χ4v) is 3.12. The van der Waals surface area contributed by atoms with Gasteiger partial charge in [-0.25, -0.2) is 0 Å². The van der Waals surface area contributed by atoms with Crippen LogP contribution in [0, 0.1) is 6.92 Å². The zero-order valence-electron chi connectivity index (χ0n) is 13.7. The zero-order chi connectivity index (χ0) is 17.8. The number of rotatable bonds is 5. The van der Waals surface area contributed by atoms with Crippen LogP contribution in [0.3, 0.4) is 0 Å². The molecule has 128 valence electrons. The van der Waals surface area contributed by atoms with Crippen LogP contribution in [-0.2, 0) is 4.79 Å². The maximum Gasteiger partial charge on any atom is 0.237 e. The van der Waals surface area contributed by atoms with Crippen molar-refractivity contribution in [3.05, 3.63) is 59.1 Å². The standard InChI is InChI=1S/C17H16ClN5OS/c1-11-5-3-4-6-15(11)23-17(20-21-22-23)25-12(2)16(24)19-14-9-7-13(18)8-10-14/h3-10,12H,1-2H3,(H,19,24). The van der Waals surface area contributed by atoms with Crippen molar-refractivity contribution in [3.8, 4) is 5.69 Å². The van der Waals surface area contributed by atoms with E-state index in [0.717, 1.165) is 11.3 Å². The normalized spacial score (nSPS) is 12.0. The van der Waals surface area contributed by atoms with E-state index in [1.807, 2.05) is 38.1 Å². The van der Waals surface area contributed by atoms with Crippen molar-refractivity contribution in [1.82, 2.24) is 20.2 Å². The molecule has 1 atom stereocenters. The first-order valence-corrected chi connectivity index (χ1v) is 8.88. The Hall–Kier alpha value is -2.38. The first-order chi connectivity index (χ1) is 12.0. The summed E-state index contributed by atoms with van der Waals surface area (Å²) in [6, 6.07) is 14.8. The number of carbonyl (C=O) groups is 1. The number of carbonyl (C=O) groups excluding carboxylic acids is 1. The summed E-state index contributed by atoms with van der Waals surface area (Å²) in [6.45, 7) is 3.80. The molecular weight excluding hydrogens is 358 g/mol. The summed E-state index contributed by atoms with van der Waals surface area (Å²) in [5.41, 5.74) is 2.63. The third kappa shape index (κ3) is 4.18. The van der Waals surface area contributed by atoms with Crippen molar-refractivity contribution in [3.63, 3.8) is 0 Å². The molecule has 3 aromatic rings. The van der Waals surface area contributed by atoms with Gasteiger partial charge in [-0.05, 0) is 60.2 Å². The first kappa shape index (κ1) is 17.4. The number of aromatic nitrogens is 4. The number of para-hydroxylation sites is 1. The van der Waals surface area contributed by atoms with Crippen LogP contribution >= 0.6 is 23.4 Å². The van der Waals surface area contributed by atoms with Crippen LogP contribution in [0.2, 0.25) is 5.02 Å². The van der Waals surface area contributed by atoms with E-state index in [4.69, 9.17) is 11.6 Å². The molecule has 1 heterocycles. The highest BCUT2D eigenvalue weighted by molar-refractivity contribution is 8.00. The van der Waals surface area contributed by atoms with E-state index >= 15 is 0 Å². The number of nitrogens with zero attached hydrogens (tertiary/aromatic N) is 4. The topological polar surface area (TPSA) is 72.7 Å². The van der Waals surface area contributed by atoms with E-state index < -0.39 is 0 Å². The molecule has 1 amide bonds. The van der Waals surface area contributed by atoms with Gasteiger partial charge in [0.05, 0.1) is 10.9 Å². The summed E-state index contributed by atoms with van der Waals surface area (Å²) in [4.78, 5) is 12.4. The molecule has 0 radical (unpaired) electrons. The second-order valence-electron chi connectivity index (χ2n) is 5.42. The third-order valence-corrected chi connectivity index (χ3v) is 4.83. The van der Waals surface area contributed by atoms with E-state index in [9.17, 15) is 4.79 Å². The van der Waals surface area contributed by atoms with Gasteiger partial charge in [-0.3, -0.25) is 4.79 Å². The van der Waals surface area contributed by atoms with Gasteiger partial charge in [0.25, 0.3) is 0 Å². The molecule has 0 fully saturated rings. The van der Waals surface area contributed by atoms with Gasteiger partial charge in [0.2, 0.25) is 11.1 Å².